The molecule has 0 aliphatic rings. The molecule has 0 unspecified atom stereocenters. The highest BCUT2D eigenvalue weighted by molar-refractivity contribution is 5.90. The number of rotatable bonds is 2. The normalized spacial score (nSPS) is 9.64. The highest BCUT2D eigenvalue weighted by Crippen LogP contribution is 2.10. The molecule has 4 heteroatoms. The van der Waals surface area contributed by atoms with Crippen LogP contribution in [0.5, 0.6) is 0 Å². The molecule has 0 fully saturated rings. The van der Waals surface area contributed by atoms with E-state index in [-0.39, 0.29) is 6.03 Å². The Morgan fingerprint density at radius 2 is 2.21 bits per heavy atom. The Morgan fingerprint density at radius 1 is 1.50 bits per heavy atom. The molecule has 1 rings (SSSR count). The fraction of sp³-hybridized carbons (Fsp3) is 0.400. The molecule has 0 radical (unpaired) electrons. The number of nitrogens with zero attached hydrogens (tertiary/aromatic N) is 3. The molecule has 76 valence electrons. The van der Waals surface area contributed by atoms with Crippen LogP contribution in [0.2, 0.25) is 0 Å². The number of carbonyl (C=O) groups is 1. The van der Waals surface area contributed by atoms with Crippen molar-refractivity contribution >= 4 is 11.7 Å². The molecule has 0 N–H and O–H groups in total. The van der Waals surface area contributed by atoms with Gasteiger partial charge in [0.1, 0.15) is 0 Å². The van der Waals surface area contributed by atoms with Gasteiger partial charge in [-0.15, -0.1) is 0 Å². The minimum absolute atomic E-state index is 0.0273. The summed E-state index contributed by atoms with van der Waals surface area (Å²) in [5.74, 6) is 0. The van der Waals surface area contributed by atoms with Crippen LogP contribution in [0.3, 0.4) is 0 Å². The summed E-state index contributed by atoms with van der Waals surface area (Å²) in [5, 5.41) is 0. The van der Waals surface area contributed by atoms with Crippen molar-refractivity contribution in [1.82, 2.24) is 9.88 Å². The van der Waals surface area contributed by atoms with Crippen molar-refractivity contribution in [3.8, 4) is 0 Å². The first-order valence-corrected chi connectivity index (χ1v) is 4.55. The summed E-state index contributed by atoms with van der Waals surface area (Å²) >= 11 is 0. The number of carbonyl (C=O) groups excluding carboxylic acids is 1. The molecule has 0 aromatic carbocycles. The first-order valence-electron chi connectivity index (χ1n) is 4.55. The third kappa shape index (κ3) is 2.22. The predicted octanol–water partition coefficient (Wildman–Crippen LogP) is 1.59. The Kier molecular flexibility index (Phi) is 3.45. The van der Waals surface area contributed by atoms with Crippen molar-refractivity contribution in [1.29, 1.82) is 0 Å². The second-order valence-corrected chi connectivity index (χ2v) is 3.07. The highest BCUT2D eigenvalue weighted by atomic mass is 16.2. The SMILES string of the molecule is CCN(C)C(=O)N(C)c1cccnc1. The Labute approximate surface area is 84.2 Å². The summed E-state index contributed by atoms with van der Waals surface area (Å²) in [6, 6.07) is 3.64. The number of hydrogen-bond acceptors (Lipinski definition) is 2. The average Bonchev–Trinajstić information content (AvgIpc) is 2.27. The van der Waals surface area contributed by atoms with Gasteiger partial charge in [-0.2, -0.15) is 0 Å². The number of amides is 2. The van der Waals surface area contributed by atoms with Gasteiger partial charge in [0.05, 0.1) is 11.9 Å². The third-order valence-electron chi connectivity index (χ3n) is 2.12. The van der Waals surface area contributed by atoms with Crippen LogP contribution >= 0.6 is 0 Å². The minimum Gasteiger partial charge on any atom is -0.328 e. The van der Waals surface area contributed by atoms with Crippen LogP contribution < -0.4 is 4.90 Å². The molecule has 0 spiro atoms. The van der Waals surface area contributed by atoms with E-state index in [2.05, 4.69) is 4.98 Å². The molecule has 0 aliphatic carbocycles. The maximum atomic E-state index is 11.7. The van der Waals surface area contributed by atoms with Crippen LogP contribution in [0.15, 0.2) is 24.5 Å². The largest absolute Gasteiger partial charge is 0.328 e. The molecule has 0 atom stereocenters. The standard InChI is InChI=1S/C10H15N3O/c1-4-12(2)10(14)13(3)9-6-5-7-11-8-9/h5-8H,4H2,1-3H3. The molecule has 4 nitrogen and oxygen atoms in total. The molecule has 0 aliphatic heterocycles. The van der Waals surface area contributed by atoms with Crippen molar-refractivity contribution in [2.24, 2.45) is 0 Å². The monoisotopic (exact) mass is 193 g/mol. The Bertz CT molecular complexity index is 299. The van der Waals surface area contributed by atoms with Crippen LogP contribution in [0.4, 0.5) is 10.5 Å². The molecule has 0 bridgehead atoms. The van der Waals surface area contributed by atoms with E-state index in [1.807, 2.05) is 19.1 Å². The zero-order chi connectivity index (χ0) is 10.6. The first-order chi connectivity index (χ1) is 6.66. The number of aromatic nitrogens is 1. The van der Waals surface area contributed by atoms with E-state index >= 15 is 0 Å². The van der Waals surface area contributed by atoms with Gasteiger partial charge < -0.3 is 4.90 Å². The summed E-state index contributed by atoms with van der Waals surface area (Å²) in [6.07, 6.45) is 3.35. The van der Waals surface area contributed by atoms with Crippen LogP contribution in [-0.2, 0) is 0 Å². The van der Waals surface area contributed by atoms with Crippen molar-refractivity contribution in [3.05, 3.63) is 24.5 Å². The Hall–Kier alpha value is -1.58. The number of hydrogen-bond donors (Lipinski definition) is 0. The summed E-state index contributed by atoms with van der Waals surface area (Å²) in [4.78, 5) is 18.9. The lowest BCUT2D eigenvalue weighted by Gasteiger charge is -2.23. The van der Waals surface area contributed by atoms with E-state index in [0.717, 1.165) is 5.69 Å². The van der Waals surface area contributed by atoms with Gasteiger partial charge in [-0.25, -0.2) is 4.79 Å². The van der Waals surface area contributed by atoms with E-state index in [1.165, 1.54) is 0 Å². The van der Waals surface area contributed by atoms with Crippen LogP contribution in [0.25, 0.3) is 0 Å². The topological polar surface area (TPSA) is 36.4 Å². The van der Waals surface area contributed by atoms with Gasteiger partial charge in [0, 0.05) is 26.8 Å². The molecule has 0 saturated heterocycles. The molecule has 14 heavy (non-hydrogen) atoms. The first kappa shape index (κ1) is 10.5. The van der Waals surface area contributed by atoms with Crippen molar-refractivity contribution < 1.29 is 4.79 Å². The lowest BCUT2D eigenvalue weighted by molar-refractivity contribution is 0.219. The fourth-order valence-corrected chi connectivity index (χ4v) is 1.05. The minimum atomic E-state index is -0.0273. The zero-order valence-corrected chi connectivity index (χ0v) is 8.77. The van der Waals surface area contributed by atoms with Crippen LogP contribution in [0, 0.1) is 0 Å². The maximum Gasteiger partial charge on any atom is 0.323 e. The second kappa shape index (κ2) is 4.60. The molecule has 1 aromatic heterocycles. The summed E-state index contributed by atoms with van der Waals surface area (Å²) in [7, 11) is 3.51. The van der Waals surface area contributed by atoms with E-state index < -0.39 is 0 Å². The van der Waals surface area contributed by atoms with E-state index in [9.17, 15) is 4.79 Å². The van der Waals surface area contributed by atoms with Crippen molar-refractivity contribution in [2.45, 2.75) is 6.92 Å². The molecule has 1 heterocycles. The van der Waals surface area contributed by atoms with Gasteiger partial charge in [0.15, 0.2) is 0 Å². The molecular weight excluding hydrogens is 178 g/mol. The van der Waals surface area contributed by atoms with Crippen molar-refractivity contribution in [2.75, 3.05) is 25.5 Å². The Morgan fingerprint density at radius 3 is 2.71 bits per heavy atom. The van der Waals surface area contributed by atoms with Gasteiger partial charge in [0.25, 0.3) is 0 Å². The molecular formula is C10H15N3O. The fourth-order valence-electron chi connectivity index (χ4n) is 1.05. The second-order valence-electron chi connectivity index (χ2n) is 3.07. The average molecular weight is 193 g/mol. The van der Waals surface area contributed by atoms with Gasteiger partial charge >= 0.3 is 6.03 Å². The van der Waals surface area contributed by atoms with Gasteiger partial charge in [-0.1, -0.05) is 0 Å². The summed E-state index contributed by atoms with van der Waals surface area (Å²) in [6.45, 7) is 2.64. The van der Waals surface area contributed by atoms with Gasteiger partial charge in [-0.3, -0.25) is 9.88 Å². The lowest BCUT2D eigenvalue weighted by atomic mass is 10.4. The number of anilines is 1. The Balaban J connectivity index is 2.76. The molecule has 0 saturated carbocycles. The maximum absolute atomic E-state index is 11.7. The molecule has 1 aromatic rings. The van der Waals surface area contributed by atoms with Gasteiger partial charge in [0.2, 0.25) is 0 Å². The zero-order valence-electron chi connectivity index (χ0n) is 8.77. The number of urea groups is 1. The smallest absolute Gasteiger partial charge is 0.323 e. The van der Waals surface area contributed by atoms with E-state index in [1.54, 1.807) is 36.3 Å². The molecule has 2 amide bonds. The van der Waals surface area contributed by atoms with Crippen molar-refractivity contribution in [3.63, 3.8) is 0 Å². The van der Waals surface area contributed by atoms with Crippen LogP contribution in [-0.4, -0.2) is 36.6 Å². The number of pyridine rings is 1. The van der Waals surface area contributed by atoms with E-state index in [4.69, 9.17) is 0 Å². The summed E-state index contributed by atoms with van der Waals surface area (Å²) < 4.78 is 0. The lowest BCUT2D eigenvalue weighted by Crippen LogP contribution is -2.38. The van der Waals surface area contributed by atoms with E-state index in [0.29, 0.717) is 6.54 Å². The highest BCUT2D eigenvalue weighted by Gasteiger charge is 2.13. The third-order valence-corrected chi connectivity index (χ3v) is 2.12. The summed E-state index contributed by atoms with van der Waals surface area (Å²) in [5.41, 5.74) is 0.804. The van der Waals surface area contributed by atoms with Gasteiger partial charge in [-0.05, 0) is 19.1 Å². The predicted molar refractivity (Wildman–Crippen MR) is 56.3 cm³/mol. The van der Waals surface area contributed by atoms with Crippen LogP contribution in [0.1, 0.15) is 6.92 Å². The quantitative estimate of drug-likeness (QED) is 0.715.